The molecule has 5 rings (SSSR count). The minimum Gasteiger partial charge on any atom is -0.489 e. The molecule has 2 amide bonds. The van der Waals surface area contributed by atoms with Gasteiger partial charge in [0.15, 0.2) is 5.76 Å². The number of anilines is 1. The van der Waals surface area contributed by atoms with E-state index in [1.807, 2.05) is 77.7 Å². The fourth-order valence-corrected chi connectivity index (χ4v) is 4.47. The zero-order chi connectivity index (χ0) is 24.7. The second-order valence-corrected chi connectivity index (χ2v) is 8.72. The lowest BCUT2D eigenvalue weighted by atomic mass is 10.1. The molecule has 7 nitrogen and oxygen atoms in total. The molecule has 0 radical (unpaired) electrons. The van der Waals surface area contributed by atoms with Gasteiger partial charge in [-0.05, 0) is 30.3 Å². The molecule has 0 unspecified atom stereocenters. The van der Waals surface area contributed by atoms with Gasteiger partial charge in [0.2, 0.25) is 5.91 Å². The number of rotatable bonds is 8. The number of benzene rings is 3. The Morgan fingerprint density at radius 2 is 1.50 bits per heavy atom. The number of nitrogens with one attached hydrogen (secondary N) is 1. The van der Waals surface area contributed by atoms with Crippen LogP contribution < -0.4 is 15.0 Å². The third-order valence-electron chi connectivity index (χ3n) is 6.41. The fourth-order valence-electron chi connectivity index (χ4n) is 4.47. The van der Waals surface area contributed by atoms with Gasteiger partial charge in [-0.2, -0.15) is 0 Å². The zero-order valence-electron chi connectivity index (χ0n) is 20.1. The normalized spacial score (nSPS) is 13.6. The van der Waals surface area contributed by atoms with Gasteiger partial charge in [-0.1, -0.05) is 54.6 Å². The third-order valence-corrected chi connectivity index (χ3v) is 6.41. The number of amides is 2. The Hall–Kier alpha value is -4.26. The molecule has 0 bridgehead atoms. The molecule has 2 heterocycles. The van der Waals surface area contributed by atoms with E-state index in [1.165, 1.54) is 5.69 Å². The van der Waals surface area contributed by atoms with Crippen molar-refractivity contribution in [2.75, 3.05) is 37.6 Å². The molecule has 1 aromatic heterocycles. The van der Waals surface area contributed by atoms with Crippen LogP contribution in [0.5, 0.6) is 5.75 Å². The summed E-state index contributed by atoms with van der Waals surface area (Å²) in [6.45, 7) is 3.39. The summed E-state index contributed by atoms with van der Waals surface area (Å²) in [5.41, 5.74) is 2.49. The SMILES string of the molecule is O=C(NCCC(=O)N1CCN(c2ccccc2)CC1)c1oc2ccccc2c1COc1ccccc1. The van der Waals surface area contributed by atoms with Gasteiger partial charge < -0.3 is 24.3 Å². The number of furan rings is 1. The first-order chi connectivity index (χ1) is 17.7. The second-order valence-electron chi connectivity index (χ2n) is 8.72. The van der Waals surface area contributed by atoms with Crippen molar-refractivity contribution < 1.29 is 18.7 Å². The van der Waals surface area contributed by atoms with E-state index in [9.17, 15) is 9.59 Å². The van der Waals surface area contributed by atoms with Crippen molar-refractivity contribution in [3.05, 3.63) is 96.3 Å². The van der Waals surface area contributed by atoms with Crippen LogP contribution in [0.1, 0.15) is 22.5 Å². The molecule has 4 aromatic rings. The van der Waals surface area contributed by atoms with Crippen LogP contribution >= 0.6 is 0 Å². The Kier molecular flexibility index (Phi) is 7.17. The summed E-state index contributed by atoms with van der Waals surface area (Å²) in [5.74, 6) is 0.628. The van der Waals surface area contributed by atoms with Crippen molar-refractivity contribution in [3.8, 4) is 5.75 Å². The Balaban J connectivity index is 1.16. The van der Waals surface area contributed by atoms with E-state index in [4.69, 9.17) is 9.15 Å². The number of nitrogens with zero attached hydrogens (tertiary/aromatic N) is 2. The summed E-state index contributed by atoms with van der Waals surface area (Å²) in [6, 6.07) is 27.2. The summed E-state index contributed by atoms with van der Waals surface area (Å²) in [5, 5.41) is 3.70. The van der Waals surface area contributed by atoms with Crippen molar-refractivity contribution in [1.29, 1.82) is 0 Å². The highest BCUT2D eigenvalue weighted by Crippen LogP contribution is 2.27. The van der Waals surface area contributed by atoms with Crippen LogP contribution in [0.4, 0.5) is 5.69 Å². The van der Waals surface area contributed by atoms with Crippen molar-refractivity contribution in [1.82, 2.24) is 10.2 Å². The first-order valence-corrected chi connectivity index (χ1v) is 12.2. The highest BCUT2D eigenvalue weighted by atomic mass is 16.5. The van der Waals surface area contributed by atoms with Gasteiger partial charge in [0, 0.05) is 55.8 Å². The van der Waals surface area contributed by atoms with Crippen LogP contribution in [0.3, 0.4) is 0 Å². The molecular weight excluding hydrogens is 454 g/mol. The van der Waals surface area contributed by atoms with Gasteiger partial charge in [-0.3, -0.25) is 9.59 Å². The standard InChI is InChI=1S/C29H29N3O4/c33-27(32-19-17-31(18-20-32)22-9-3-1-4-10-22)15-16-30-29(34)28-25(21-35-23-11-5-2-6-12-23)24-13-7-8-14-26(24)36-28/h1-14H,15-21H2,(H,30,34). The van der Waals surface area contributed by atoms with Crippen LogP contribution in [-0.4, -0.2) is 49.4 Å². The van der Waals surface area contributed by atoms with E-state index >= 15 is 0 Å². The van der Waals surface area contributed by atoms with Crippen LogP contribution in [0, 0.1) is 0 Å². The van der Waals surface area contributed by atoms with Gasteiger partial charge in [-0.15, -0.1) is 0 Å². The quantitative estimate of drug-likeness (QED) is 0.400. The average molecular weight is 484 g/mol. The van der Waals surface area contributed by atoms with E-state index < -0.39 is 0 Å². The first-order valence-electron chi connectivity index (χ1n) is 12.2. The third kappa shape index (κ3) is 5.35. The number of fused-ring (bicyclic) bond motifs is 1. The van der Waals surface area contributed by atoms with Crippen molar-refractivity contribution in [3.63, 3.8) is 0 Å². The number of hydrogen-bond donors (Lipinski definition) is 1. The molecule has 1 fully saturated rings. The molecule has 3 aromatic carbocycles. The maximum atomic E-state index is 13.0. The molecule has 1 aliphatic rings. The molecule has 184 valence electrons. The predicted molar refractivity (Wildman–Crippen MR) is 139 cm³/mol. The van der Waals surface area contributed by atoms with Gasteiger partial charge in [0.05, 0.1) is 0 Å². The molecule has 0 aliphatic carbocycles. The Morgan fingerprint density at radius 3 is 2.25 bits per heavy atom. The zero-order valence-corrected chi connectivity index (χ0v) is 20.1. The lowest BCUT2D eigenvalue weighted by molar-refractivity contribution is -0.131. The molecular formula is C29H29N3O4. The van der Waals surface area contributed by atoms with Gasteiger partial charge in [-0.25, -0.2) is 0 Å². The van der Waals surface area contributed by atoms with Crippen LogP contribution in [-0.2, 0) is 11.4 Å². The van der Waals surface area contributed by atoms with E-state index in [2.05, 4.69) is 22.3 Å². The van der Waals surface area contributed by atoms with Crippen LogP contribution in [0.2, 0.25) is 0 Å². The van der Waals surface area contributed by atoms with E-state index in [0.717, 1.165) is 18.5 Å². The minimum absolute atomic E-state index is 0.0419. The average Bonchev–Trinajstić information content (AvgIpc) is 3.31. The smallest absolute Gasteiger partial charge is 0.287 e. The second kappa shape index (κ2) is 11.0. The molecule has 1 N–H and O–H groups in total. The maximum absolute atomic E-state index is 13.0. The predicted octanol–water partition coefficient (Wildman–Crippen LogP) is 4.48. The molecule has 36 heavy (non-hydrogen) atoms. The summed E-state index contributed by atoms with van der Waals surface area (Å²) >= 11 is 0. The number of piperazine rings is 1. The number of para-hydroxylation sites is 3. The molecule has 0 atom stereocenters. The molecule has 1 aliphatic heterocycles. The number of carbonyl (C=O) groups is 2. The fraction of sp³-hybridized carbons (Fsp3) is 0.241. The lowest BCUT2D eigenvalue weighted by Crippen LogP contribution is -2.49. The molecule has 0 saturated carbocycles. The van der Waals surface area contributed by atoms with E-state index in [0.29, 0.717) is 30.0 Å². The number of carbonyl (C=O) groups excluding carboxylic acids is 2. The van der Waals surface area contributed by atoms with Crippen LogP contribution in [0.15, 0.2) is 89.3 Å². The van der Waals surface area contributed by atoms with Crippen molar-refractivity contribution in [2.45, 2.75) is 13.0 Å². The van der Waals surface area contributed by atoms with Gasteiger partial charge >= 0.3 is 0 Å². The topological polar surface area (TPSA) is 75.0 Å². The first kappa shape index (κ1) is 23.5. The molecule has 7 heteroatoms. The van der Waals surface area contributed by atoms with Gasteiger partial charge in [0.1, 0.15) is 17.9 Å². The maximum Gasteiger partial charge on any atom is 0.287 e. The highest BCUT2D eigenvalue weighted by molar-refractivity contribution is 5.99. The largest absolute Gasteiger partial charge is 0.489 e. The lowest BCUT2D eigenvalue weighted by Gasteiger charge is -2.36. The summed E-state index contributed by atoms with van der Waals surface area (Å²) < 4.78 is 11.8. The molecule has 0 spiro atoms. The monoisotopic (exact) mass is 483 g/mol. The van der Waals surface area contributed by atoms with Crippen molar-refractivity contribution >= 4 is 28.5 Å². The van der Waals surface area contributed by atoms with Crippen LogP contribution in [0.25, 0.3) is 11.0 Å². The highest BCUT2D eigenvalue weighted by Gasteiger charge is 2.23. The van der Waals surface area contributed by atoms with E-state index in [1.54, 1.807) is 0 Å². The Labute approximate surface area is 210 Å². The Morgan fingerprint density at radius 1 is 0.833 bits per heavy atom. The Bertz CT molecular complexity index is 1310. The van der Waals surface area contributed by atoms with E-state index in [-0.39, 0.29) is 37.1 Å². The number of ether oxygens (including phenoxy) is 1. The summed E-state index contributed by atoms with van der Waals surface area (Å²) in [4.78, 5) is 29.9. The number of hydrogen-bond acceptors (Lipinski definition) is 5. The van der Waals surface area contributed by atoms with Gasteiger partial charge in [0.25, 0.3) is 5.91 Å². The summed E-state index contributed by atoms with van der Waals surface area (Å²) in [6.07, 6.45) is 0.243. The van der Waals surface area contributed by atoms with Crippen molar-refractivity contribution in [2.24, 2.45) is 0 Å². The molecule has 1 saturated heterocycles. The minimum atomic E-state index is -0.348. The summed E-state index contributed by atoms with van der Waals surface area (Å²) in [7, 11) is 0.